The number of phenols is 1. The molecule has 1 rings (SSSR count). The van der Waals surface area contributed by atoms with Gasteiger partial charge in [-0.1, -0.05) is 17.7 Å². The Morgan fingerprint density at radius 3 is 0.981 bits per heavy atom. The fraction of sp³-hybridized carbons (Fsp3) is 0.655. The van der Waals surface area contributed by atoms with E-state index in [1.165, 1.54) is 23.6 Å². The van der Waals surface area contributed by atoms with Crippen molar-refractivity contribution in [3.05, 3.63) is 28.8 Å². The minimum absolute atomic E-state index is 0.0596. The smallest absolute Gasteiger partial charge is 0.342 e. The molecule has 9 N–H and O–H groups in total. The van der Waals surface area contributed by atoms with Crippen molar-refractivity contribution in [2.24, 2.45) is 0 Å². The maximum Gasteiger partial charge on any atom is 0.342 e. The zero-order valence-electron chi connectivity index (χ0n) is 30.7. The summed E-state index contributed by atoms with van der Waals surface area (Å²) in [5.74, 6) is -2.28. The van der Waals surface area contributed by atoms with Gasteiger partial charge in [-0.15, -0.1) is 0 Å². The highest BCUT2D eigenvalue weighted by molar-refractivity contribution is 7.71. The van der Waals surface area contributed by atoms with Crippen molar-refractivity contribution in [3.63, 3.8) is 0 Å². The van der Waals surface area contributed by atoms with E-state index in [4.69, 9.17) is 0 Å². The number of phenolic OH excluding ortho intramolecular Hbond substituents is 1. The molecule has 1 aromatic carbocycles. The van der Waals surface area contributed by atoms with E-state index in [1.807, 2.05) is 0 Å². The van der Waals surface area contributed by atoms with Crippen LogP contribution in [0.2, 0.25) is 0 Å². The van der Waals surface area contributed by atoms with Crippen molar-refractivity contribution in [2.45, 2.75) is 84.2 Å². The van der Waals surface area contributed by atoms with Gasteiger partial charge in [-0.05, 0) is 32.6 Å². The molecule has 0 atom stereocenters. The summed E-state index contributed by atoms with van der Waals surface area (Å²) in [5, 5.41) is 6.41. The Morgan fingerprint density at radius 1 is 0.519 bits per heavy atom. The van der Waals surface area contributed by atoms with Crippen LogP contribution in [0.15, 0.2) is 12.1 Å². The Labute approximate surface area is 313 Å². The molecule has 310 valence electrons. The second-order valence-electron chi connectivity index (χ2n) is 13.0. The summed E-state index contributed by atoms with van der Waals surface area (Å²) in [6.45, 7) is 4.60. The summed E-state index contributed by atoms with van der Waals surface area (Å²) in [6.07, 6.45) is 0.902. The zero-order valence-corrected chi connectivity index (χ0v) is 34.2. The molecule has 25 heteroatoms. The molecule has 54 heavy (non-hydrogen) atoms. The van der Waals surface area contributed by atoms with Crippen molar-refractivity contribution in [2.75, 3.05) is 39.3 Å². The molecule has 0 aliphatic carbocycles. The van der Waals surface area contributed by atoms with E-state index in [2.05, 4.69) is 0 Å². The first-order chi connectivity index (χ1) is 24.5. The molecule has 0 aliphatic heterocycles. The SMILES string of the molecule is CC(=O)N(CCCCN(CC(P(=O)(O)O)P(=O)(O)O)C(C)=O)Cc1cc(C)cc(CN(CCCCN(CC(P(=O)(O)O)P(=O)(O)O)C(C)=O)C(C)=O)c1O. The fourth-order valence-corrected chi connectivity index (χ4v) is 10.2. The second kappa shape index (κ2) is 20.6. The van der Waals surface area contributed by atoms with Crippen LogP contribution >= 0.6 is 30.4 Å². The molecule has 4 amide bonds. The molecule has 0 radical (unpaired) electrons. The van der Waals surface area contributed by atoms with Crippen molar-refractivity contribution in [1.82, 2.24) is 19.6 Å². The number of carbonyl (C=O) groups excluding carboxylic acids is 4. The Balaban J connectivity index is 3.00. The van der Waals surface area contributed by atoms with Crippen LogP contribution < -0.4 is 0 Å². The molecular formula is C29H52N4O17P4. The first kappa shape index (κ1) is 49.5. The summed E-state index contributed by atoms with van der Waals surface area (Å²) in [7, 11) is -21.1. The molecule has 0 saturated heterocycles. The van der Waals surface area contributed by atoms with Gasteiger partial charge >= 0.3 is 30.4 Å². The van der Waals surface area contributed by atoms with Crippen molar-refractivity contribution < 1.29 is 81.7 Å². The predicted molar refractivity (Wildman–Crippen MR) is 194 cm³/mol. The highest BCUT2D eigenvalue weighted by Crippen LogP contribution is 2.60. The van der Waals surface area contributed by atoms with Crippen LogP contribution in [-0.4, -0.2) is 138 Å². The lowest BCUT2D eigenvalue weighted by atomic mass is 10.0. The highest BCUT2D eigenvalue weighted by Gasteiger charge is 2.45. The van der Waals surface area contributed by atoms with E-state index < -0.39 is 66.1 Å². The van der Waals surface area contributed by atoms with Gasteiger partial charge in [-0.25, -0.2) is 0 Å². The number of unbranched alkanes of at least 4 members (excludes halogenated alkanes) is 2. The molecule has 0 heterocycles. The Kier molecular flexibility index (Phi) is 18.9. The summed E-state index contributed by atoms with van der Waals surface area (Å²) in [5.41, 5.74) is 1.39. The lowest BCUT2D eigenvalue weighted by Gasteiger charge is -2.28. The van der Waals surface area contributed by atoms with Gasteiger partial charge in [0.05, 0.1) is 0 Å². The first-order valence-electron chi connectivity index (χ1n) is 16.5. The van der Waals surface area contributed by atoms with E-state index in [9.17, 15) is 81.7 Å². The average Bonchev–Trinajstić information content (AvgIpc) is 2.97. The van der Waals surface area contributed by atoms with Crippen LogP contribution in [0.5, 0.6) is 5.75 Å². The van der Waals surface area contributed by atoms with Gasteiger partial charge in [0.2, 0.25) is 23.6 Å². The Hall–Kier alpha value is -2.50. The molecule has 0 unspecified atom stereocenters. The van der Waals surface area contributed by atoms with E-state index >= 15 is 0 Å². The third-order valence-electron chi connectivity index (χ3n) is 8.45. The average molecular weight is 853 g/mol. The van der Waals surface area contributed by atoms with Gasteiger partial charge in [0.15, 0.2) is 10.8 Å². The molecule has 0 saturated carbocycles. The summed E-state index contributed by atoms with van der Waals surface area (Å²) < 4.78 is 46.7. The minimum atomic E-state index is -5.27. The quantitative estimate of drug-likeness (QED) is 0.0581. The number of carbonyl (C=O) groups is 4. The van der Waals surface area contributed by atoms with Gasteiger partial charge in [-0.2, -0.15) is 0 Å². The monoisotopic (exact) mass is 852 g/mol. The van der Waals surface area contributed by atoms with E-state index in [0.717, 1.165) is 23.6 Å². The van der Waals surface area contributed by atoms with Gasteiger partial charge in [-0.3, -0.25) is 37.4 Å². The van der Waals surface area contributed by atoms with Gasteiger partial charge in [0, 0.05) is 91.2 Å². The number of hydrogen-bond acceptors (Lipinski definition) is 9. The number of rotatable bonds is 22. The van der Waals surface area contributed by atoms with Crippen LogP contribution in [-0.2, 0) is 50.5 Å². The number of amides is 4. The van der Waals surface area contributed by atoms with Gasteiger partial charge < -0.3 is 63.9 Å². The number of nitrogens with zero attached hydrogens (tertiary/aromatic N) is 4. The first-order valence-corrected chi connectivity index (χ1v) is 23.2. The normalized spacial score (nSPS) is 12.6. The van der Waals surface area contributed by atoms with E-state index in [1.54, 1.807) is 19.1 Å². The fourth-order valence-electron chi connectivity index (χ4n) is 5.46. The molecule has 0 aliphatic rings. The van der Waals surface area contributed by atoms with Crippen LogP contribution in [0.4, 0.5) is 0 Å². The summed E-state index contributed by atoms with van der Waals surface area (Å²) in [6, 6.07) is 3.29. The molecule has 1 aromatic rings. The van der Waals surface area contributed by atoms with Gasteiger partial charge in [0.25, 0.3) is 0 Å². The maximum absolute atomic E-state index is 12.5. The number of aromatic hydroxyl groups is 1. The highest BCUT2D eigenvalue weighted by atomic mass is 31.2. The molecule has 0 aromatic heterocycles. The summed E-state index contributed by atoms with van der Waals surface area (Å²) >= 11 is 0. The maximum atomic E-state index is 12.5. The van der Waals surface area contributed by atoms with Crippen LogP contribution in [0.3, 0.4) is 0 Å². The largest absolute Gasteiger partial charge is 0.507 e. The molecule has 0 bridgehead atoms. The molecular weight excluding hydrogens is 800 g/mol. The molecule has 21 nitrogen and oxygen atoms in total. The van der Waals surface area contributed by atoms with E-state index in [-0.39, 0.29) is 82.5 Å². The van der Waals surface area contributed by atoms with Crippen molar-refractivity contribution in [1.29, 1.82) is 0 Å². The topological polar surface area (TPSA) is 332 Å². The lowest BCUT2D eigenvalue weighted by molar-refractivity contribution is -0.130. The number of aryl methyl sites for hydroxylation is 1. The standard InChI is InChI=1S/C29H52N4O17P4/c1-20-14-25(16-30(21(2)34)10-6-8-12-32(23(4)36)18-27(51(39,40)41)52(42,43)44)29(38)26(15-20)17-31(22(3)35)11-7-9-13-33(24(5)37)19-28(53(45,46)47)54(48,49)50/h14-15,27-28,38H,6-13,16-19H2,1-5H3,(H2,39,40,41)(H2,42,43,44)(H2,45,46,47)(H2,48,49,50). The predicted octanol–water partition coefficient (Wildman–Crippen LogP) is 1.02. The van der Waals surface area contributed by atoms with Gasteiger partial charge in [0.1, 0.15) is 5.75 Å². The number of hydrogen-bond donors (Lipinski definition) is 9. The van der Waals surface area contributed by atoms with Crippen LogP contribution in [0.25, 0.3) is 0 Å². The third-order valence-corrected chi connectivity index (χ3v) is 15.8. The van der Waals surface area contributed by atoms with Crippen molar-refractivity contribution in [3.8, 4) is 5.75 Å². The summed E-state index contributed by atoms with van der Waals surface area (Å²) in [4.78, 5) is 129. The third kappa shape index (κ3) is 16.7. The van der Waals surface area contributed by atoms with Crippen LogP contribution in [0.1, 0.15) is 70.1 Å². The van der Waals surface area contributed by atoms with Crippen molar-refractivity contribution >= 4 is 54.0 Å². The lowest BCUT2D eigenvalue weighted by Crippen LogP contribution is -2.37. The Bertz CT molecular complexity index is 1530. The van der Waals surface area contributed by atoms with Crippen LogP contribution in [0, 0.1) is 6.92 Å². The number of benzene rings is 1. The second-order valence-corrected chi connectivity index (χ2v) is 21.0. The minimum Gasteiger partial charge on any atom is -0.507 e. The van der Waals surface area contributed by atoms with E-state index in [0.29, 0.717) is 16.7 Å². The zero-order chi connectivity index (χ0) is 42.0. The molecule has 0 fully saturated rings. The molecule has 0 spiro atoms. The Morgan fingerprint density at radius 2 is 0.759 bits per heavy atom.